The first kappa shape index (κ1) is 23.9. The molecule has 2 nitrogen and oxygen atoms in total. The summed E-state index contributed by atoms with van der Waals surface area (Å²) in [5.74, 6) is 6.66. The molecule has 1 heterocycles. The summed E-state index contributed by atoms with van der Waals surface area (Å²) in [5, 5.41) is 11.5. The number of phenols is 1. The molecule has 35 heavy (non-hydrogen) atoms. The van der Waals surface area contributed by atoms with Crippen LogP contribution in [0.3, 0.4) is 0 Å². The summed E-state index contributed by atoms with van der Waals surface area (Å²) in [4.78, 5) is 3.74. The Labute approximate surface area is 213 Å². The number of nitrogens with one attached hydrogen (secondary N) is 1. The van der Waals surface area contributed by atoms with E-state index in [4.69, 9.17) is 0 Å². The molecule has 0 amide bonds. The predicted molar refractivity (Wildman–Crippen MR) is 147 cm³/mol. The van der Waals surface area contributed by atoms with Crippen LogP contribution in [0.4, 0.5) is 0 Å². The molecule has 3 fully saturated rings. The monoisotopic (exact) mass is 475 g/mol. The minimum absolute atomic E-state index is 0.404. The second-order valence-corrected chi connectivity index (χ2v) is 14.4. The maximum absolute atomic E-state index is 10.2. The summed E-state index contributed by atoms with van der Waals surface area (Å²) in [6.07, 6.45) is 15.4. The van der Waals surface area contributed by atoms with Crippen LogP contribution >= 0.6 is 0 Å². The molecule has 2 heteroatoms. The number of aromatic amines is 1. The Morgan fingerprint density at radius 3 is 2.57 bits per heavy atom. The molecular formula is C33H49NO. The highest BCUT2D eigenvalue weighted by Gasteiger charge is 2.60. The van der Waals surface area contributed by atoms with Gasteiger partial charge < -0.3 is 10.1 Å². The number of aromatic hydroxyl groups is 1. The van der Waals surface area contributed by atoms with Gasteiger partial charge in [0.15, 0.2) is 0 Å². The third-order valence-electron chi connectivity index (χ3n) is 12.3. The lowest BCUT2D eigenvalue weighted by Gasteiger charge is -2.60. The zero-order valence-electron chi connectivity index (χ0n) is 23.0. The van der Waals surface area contributed by atoms with E-state index >= 15 is 0 Å². The summed E-state index contributed by atoms with van der Waals surface area (Å²) < 4.78 is 0. The lowest BCUT2D eigenvalue weighted by Crippen LogP contribution is -2.54. The Morgan fingerprint density at radius 1 is 0.971 bits per heavy atom. The van der Waals surface area contributed by atoms with Crippen LogP contribution in [0.15, 0.2) is 18.2 Å². The van der Waals surface area contributed by atoms with Crippen molar-refractivity contribution in [3.63, 3.8) is 0 Å². The highest BCUT2D eigenvalue weighted by atomic mass is 16.3. The molecule has 0 spiro atoms. The van der Waals surface area contributed by atoms with Crippen LogP contribution in [0.5, 0.6) is 5.75 Å². The van der Waals surface area contributed by atoms with E-state index in [-0.39, 0.29) is 0 Å². The molecule has 4 aliphatic rings. The van der Waals surface area contributed by atoms with Crippen molar-refractivity contribution in [2.45, 2.75) is 105 Å². The molecule has 6 rings (SSSR count). The van der Waals surface area contributed by atoms with Crippen LogP contribution in [0.1, 0.15) is 104 Å². The van der Waals surface area contributed by atoms with Gasteiger partial charge in [-0.15, -0.1) is 0 Å². The molecule has 8 atom stereocenters. The highest BCUT2D eigenvalue weighted by molar-refractivity contribution is 5.86. The van der Waals surface area contributed by atoms with E-state index in [1.54, 1.807) is 0 Å². The van der Waals surface area contributed by atoms with Crippen molar-refractivity contribution in [1.82, 2.24) is 4.98 Å². The van der Waals surface area contributed by atoms with E-state index in [1.165, 1.54) is 92.8 Å². The Bertz CT molecular complexity index is 1080. The number of hydrogen-bond acceptors (Lipinski definition) is 1. The highest BCUT2D eigenvalue weighted by Crippen LogP contribution is 2.68. The molecular weight excluding hydrogens is 426 g/mol. The Kier molecular flexibility index (Phi) is 5.85. The molecule has 1 aromatic heterocycles. The standard InChI is InChI=1S/C33H49NO/c1-20(2)7-6-8-21(3)27-12-13-28-24-11-9-22-17-31-26(25-18-23(35)10-14-30(25)34-31)19-33(22,5)29(24)15-16-32(27,28)4/h10,14,18,20-22,24,27-29,34-35H,6-9,11-13,15-17,19H2,1-5H3/t21-,22+,24-,27-,28+,29-,32+,33-/m0/s1. The zero-order chi connectivity index (χ0) is 24.5. The summed E-state index contributed by atoms with van der Waals surface area (Å²) >= 11 is 0. The average Bonchev–Trinajstić information content (AvgIpc) is 3.33. The molecule has 192 valence electrons. The van der Waals surface area contributed by atoms with Gasteiger partial charge in [-0.3, -0.25) is 0 Å². The number of benzene rings is 1. The minimum atomic E-state index is 0.404. The topological polar surface area (TPSA) is 36.0 Å². The Balaban J connectivity index is 1.24. The zero-order valence-corrected chi connectivity index (χ0v) is 23.0. The van der Waals surface area contributed by atoms with Crippen molar-refractivity contribution in [2.75, 3.05) is 0 Å². The van der Waals surface area contributed by atoms with Gasteiger partial charge in [-0.05, 0) is 127 Å². The van der Waals surface area contributed by atoms with Gasteiger partial charge in [-0.1, -0.05) is 53.9 Å². The van der Waals surface area contributed by atoms with Crippen LogP contribution in [0.25, 0.3) is 10.9 Å². The van der Waals surface area contributed by atoms with Gasteiger partial charge >= 0.3 is 0 Å². The number of fused-ring (bicyclic) bond motifs is 8. The maximum Gasteiger partial charge on any atom is 0.116 e. The van der Waals surface area contributed by atoms with Crippen molar-refractivity contribution in [3.8, 4) is 5.75 Å². The first-order chi connectivity index (χ1) is 16.7. The van der Waals surface area contributed by atoms with Gasteiger partial charge in [0, 0.05) is 16.6 Å². The first-order valence-electron chi connectivity index (χ1n) is 15.0. The van der Waals surface area contributed by atoms with Gasteiger partial charge in [0.2, 0.25) is 0 Å². The molecule has 0 radical (unpaired) electrons. The van der Waals surface area contributed by atoms with Gasteiger partial charge in [0.25, 0.3) is 0 Å². The number of phenolic OH excluding ortho intramolecular Hbond substituents is 1. The fourth-order valence-corrected chi connectivity index (χ4v) is 10.5. The van der Waals surface area contributed by atoms with E-state index in [9.17, 15) is 5.11 Å². The van der Waals surface area contributed by atoms with Crippen molar-refractivity contribution in [2.24, 2.45) is 52.3 Å². The molecule has 0 aliphatic heterocycles. The van der Waals surface area contributed by atoms with Crippen molar-refractivity contribution in [1.29, 1.82) is 0 Å². The van der Waals surface area contributed by atoms with Gasteiger partial charge in [-0.2, -0.15) is 0 Å². The molecule has 0 bridgehead atoms. The first-order valence-corrected chi connectivity index (χ1v) is 15.0. The second-order valence-electron chi connectivity index (χ2n) is 14.4. The lowest BCUT2D eigenvalue weighted by atomic mass is 9.44. The van der Waals surface area contributed by atoms with Crippen molar-refractivity contribution in [3.05, 3.63) is 29.5 Å². The van der Waals surface area contributed by atoms with E-state index < -0.39 is 0 Å². The molecule has 4 aliphatic carbocycles. The van der Waals surface area contributed by atoms with E-state index in [0.29, 0.717) is 16.6 Å². The molecule has 1 aromatic carbocycles. The third kappa shape index (κ3) is 3.71. The Hall–Kier alpha value is -1.44. The summed E-state index contributed by atoms with van der Waals surface area (Å²) in [6.45, 7) is 12.7. The van der Waals surface area contributed by atoms with E-state index in [2.05, 4.69) is 45.7 Å². The maximum atomic E-state index is 10.2. The quantitative estimate of drug-likeness (QED) is 0.445. The minimum Gasteiger partial charge on any atom is -0.508 e. The SMILES string of the molecule is CC(C)CCC[C@H](C)[C@@H]1CC[C@@H]2[C@@H]3CC[C@@H]4Cc5[nH]c6ccc(O)cc6c5C[C@]4(C)[C@H]3CC[C@@]21C. The fraction of sp³-hybridized carbons (Fsp3) is 0.758. The lowest BCUT2D eigenvalue weighted by molar-refractivity contribution is -0.103. The third-order valence-corrected chi connectivity index (χ3v) is 12.3. The normalized spacial score (nSPS) is 39.2. The molecule has 0 unspecified atom stereocenters. The van der Waals surface area contributed by atoms with Crippen molar-refractivity contribution < 1.29 is 5.11 Å². The number of rotatable bonds is 5. The van der Waals surface area contributed by atoms with Crippen LogP contribution < -0.4 is 0 Å². The smallest absolute Gasteiger partial charge is 0.116 e. The van der Waals surface area contributed by atoms with E-state index in [0.717, 1.165) is 41.4 Å². The molecule has 2 aromatic rings. The van der Waals surface area contributed by atoms with Crippen LogP contribution in [-0.2, 0) is 12.8 Å². The predicted octanol–water partition coefficient (Wildman–Crippen LogP) is 8.91. The van der Waals surface area contributed by atoms with Crippen LogP contribution in [0, 0.1) is 52.3 Å². The largest absolute Gasteiger partial charge is 0.508 e. The number of H-pyrrole nitrogens is 1. The Morgan fingerprint density at radius 2 is 1.77 bits per heavy atom. The number of aromatic nitrogens is 1. The second kappa shape index (κ2) is 8.56. The molecule has 2 N–H and O–H groups in total. The summed E-state index contributed by atoms with van der Waals surface area (Å²) in [7, 11) is 0. The van der Waals surface area contributed by atoms with Crippen LogP contribution in [-0.4, -0.2) is 10.1 Å². The summed E-state index contributed by atoms with van der Waals surface area (Å²) in [6, 6.07) is 5.91. The fourth-order valence-electron chi connectivity index (χ4n) is 10.5. The molecule has 3 saturated carbocycles. The van der Waals surface area contributed by atoms with Crippen molar-refractivity contribution >= 4 is 10.9 Å². The van der Waals surface area contributed by atoms with Gasteiger partial charge in [0.05, 0.1) is 0 Å². The molecule has 0 saturated heterocycles. The van der Waals surface area contributed by atoms with E-state index in [1.807, 2.05) is 12.1 Å². The number of hydrogen-bond donors (Lipinski definition) is 2. The van der Waals surface area contributed by atoms with Gasteiger partial charge in [-0.25, -0.2) is 0 Å². The average molecular weight is 476 g/mol. The summed E-state index contributed by atoms with van der Waals surface area (Å²) in [5.41, 5.74) is 5.19. The van der Waals surface area contributed by atoms with Crippen LogP contribution in [0.2, 0.25) is 0 Å². The van der Waals surface area contributed by atoms with Gasteiger partial charge in [0.1, 0.15) is 5.75 Å².